The Hall–Kier alpha value is -3.74. The van der Waals surface area contributed by atoms with E-state index in [1.165, 1.54) is 23.1 Å². The van der Waals surface area contributed by atoms with Crippen LogP contribution in [0.25, 0.3) is 6.08 Å². The topological polar surface area (TPSA) is 152 Å². The highest BCUT2D eigenvalue weighted by Crippen LogP contribution is 2.34. The van der Waals surface area contributed by atoms with Gasteiger partial charge in [0, 0.05) is 19.5 Å². The molecular formula is C20H23N3O7. The van der Waals surface area contributed by atoms with Crippen LogP contribution in [0.3, 0.4) is 0 Å². The summed E-state index contributed by atoms with van der Waals surface area (Å²) in [6.45, 7) is 4.26. The normalized spacial score (nSPS) is 15.8. The number of likely N-dealkylation sites (N-methyl/N-ethyl adjacent to an activating group) is 1. The van der Waals surface area contributed by atoms with E-state index in [0.717, 1.165) is 0 Å². The first-order chi connectivity index (χ1) is 14.3. The second-order valence-electron chi connectivity index (χ2n) is 6.42. The molecule has 1 atom stereocenters. The Morgan fingerprint density at radius 3 is 2.67 bits per heavy atom. The van der Waals surface area contributed by atoms with E-state index < -0.39 is 23.9 Å². The van der Waals surface area contributed by atoms with Crippen LogP contribution in [-0.4, -0.2) is 53.8 Å². The molecule has 10 nitrogen and oxygen atoms in total. The van der Waals surface area contributed by atoms with Crippen molar-refractivity contribution in [3.05, 3.63) is 23.3 Å². The summed E-state index contributed by atoms with van der Waals surface area (Å²) in [7, 11) is 0. The maximum absolute atomic E-state index is 12.4. The number of carbonyl (C=O) groups excluding carboxylic acids is 3. The van der Waals surface area contributed by atoms with Crippen LogP contribution in [0.4, 0.5) is 10.5 Å². The molecule has 1 unspecified atom stereocenters. The molecule has 1 aliphatic heterocycles. The second kappa shape index (κ2) is 10.2. The number of esters is 1. The number of nitrogens with two attached hydrogens (primary N) is 1. The molecule has 30 heavy (non-hydrogen) atoms. The number of amides is 1. The molecule has 1 aromatic carbocycles. The van der Waals surface area contributed by atoms with E-state index in [4.69, 9.17) is 19.9 Å². The predicted octanol–water partition coefficient (Wildman–Crippen LogP) is 1.97. The zero-order valence-electron chi connectivity index (χ0n) is 16.7. The van der Waals surface area contributed by atoms with Gasteiger partial charge in [0.15, 0.2) is 11.5 Å². The van der Waals surface area contributed by atoms with E-state index in [1.54, 1.807) is 13.8 Å². The second-order valence-corrected chi connectivity index (χ2v) is 6.42. The Balaban J connectivity index is 2.16. The highest BCUT2D eigenvalue weighted by atomic mass is 16.7. The fourth-order valence-electron chi connectivity index (χ4n) is 2.78. The summed E-state index contributed by atoms with van der Waals surface area (Å²) in [6, 6.07) is 4.42. The summed E-state index contributed by atoms with van der Waals surface area (Å²) in [6.07, 6.45) is 0.299. The first kappa shape index (κ1) is 22.5. The standard InChI is InChI=1S/C20H23N3O7/c1-3-23(4-2)19(26)13(10-21)7-12-8-15(22)18(25)16(9-12)30-20(27)28-11-14-5-6-17(24)29-14/h7-9,14,25H,3-6,11,22H2,1-2H3/b13-7+. The van der Waals surface area contributed by atoms with E-state index in [-0.39, 0.29) is 41.6 Å². The van der Waals surface area contributed by atoms with Gasteiger partial charge in [-0.15, -0.1) is 0 Å². The average Bonchev–Trinajstić information content (AvgIpc) is 3.14. The minimum atomic E-state index is -1.13. The first-order valence-corrected chi connectivity index (χ1v) is 9.36. The lowest BCUT2D eigenvalue weighted by Crippen LogP contribution is -2.31. The molecule has 0 saturated carbocycles. The summed E-state index contributed by atoms with van der Waals surface area (Å²) >= 11 is 0. The first-order valence-electron chi connectivity index (χ1n) is 9.36. The van der Waals surface area contributed by atoms with Crippen LogP contribution in [0.15, 0.2) is 17.7 Å². The molecule has 1 amide bonds. The van der Waals surface area contributed by atoms with Gasteiger partial charge in [0.2, 0.25) is 0 Å². The van der Waals surface area contributed by atoms with Gasteiger partial charge >= 0.3 is 12.1 Å². The quantitative estimate of drug-likeness (QED) is 0.169. The summed E-state index contributed by atoms with van der Waals surface area (Å²) in [5, 5.41) is 19.4. The van der Waals surface area contributed by atoms with Gasteiger partial charge in [0.05, 0.1) is 5.69 Å². The Morgan fingerprint density at radius 1 is 1.40 bits per heavy atom. The fourth-order valence-corrected chi connectivity index (χ4v) is 2.78. The minimum absolute atomic E-state index is 0.121. The van der Waals surface area contributed by atoms with Crippen molar-refractivity contribution in [1.29, 1.82) is 5.26 Å². The van der Waals surface area contributed by atoms with Crippen molar-refractivity contribution < 1.29 is 33.7 Å². The van der Waals surface area contributed by atoms with Crippen molar-refractivity contribution in [1.82, 2.24) is 4.90 Å². The summed E-state index contributed by atoms with van der Waals surface area (Å²) in [5.74, 6) is -1.62. The third-order valence-corrected chi connectivity index (χ3v) is 4.39. The molecule has 3 N–H and O–H groups in total. The number of nitriles is 1. The van der Waals surface area contributed by atoms with Crippen LogP contribution < -0.4 is 10.5 Å². The SMILES string of the molecule is CCN(CC)C(=O)/C(C#N)=C/c1cc(N)c(O)c(OC(=O)OCC2CCC(=O)O2)c1. The van der Waals surface area contributed by atoms with Gasteiger partial charge < -0.3 is 30.0 Å². The van der Waals surface area contributed by atoms with E-state index in [0.29, 0.717) is 19.5 Å². The van der Waals surface area contributed by atoms with Gasteiger partial charge in [-0.3, -0.25) is 9.59 Å². The number of benzene rings is 1. The predicted molar refractivity (Wildman–Crippen MR) is 105 cm³/mol. The van der Waals surface area contributed by atoms with Crippen molar-refractivity contribution in [2.45, 2.75) is 32.8 Å². The van der Waals surface area contributed by atoms with Crippen LogP contribution in [0.2, 0.25) is 0 Å². The molecule has 1 heterocycles. The zero-order chi connectivity index (χ0) is 22.3. The van der Waals surface area contributed by atoms with E-state index >= 15 is 0 Å². The lowest BCUT2D eigenvalue weighted by molar-refractivity contribution is -0.142. The Kier molecular flexibility index (Phi) is 7.63. The monoisotopic (exact) mass is 417 g/mol. The number of nitrogens with zero attached hydrogens (tertiary/aromatic N) is 2. The van der Waals surface area contributed by atoms with Crippen LogP contribution in [-0.2, 0) is 19.1 Å². The van der Waals surface area contributed by atoms with Gasteiger partial charge in [-0.05, 0) is 44.0 Å². The van der Waals surface area contributed by atoms with Crippen molar-refractivity contribution in [3.63, 3.8) is 0 Å². The highest BCUT2D eigenvalue weighted by Gasteiger charge is 2.25. The van der Waals surface area contributed by atoms with Crippen molar-refractivity contribution >= 4 is 29.8 Å². The van der Waals surface area contributed by atoms with Crippen LogP contribution in [0.5, 0.6) is 11.5 Å². The van der Waals surface area contributed by atoms with Crippen LogP contribution >= 0.6 is 0 Å². The number of rotatable bonds is 7. The molecule has 0 aliphatic carbocycles. The summed E-state index contributed by atoms with van der Waals surface area (Å²) < 4.78 is 14.8. The van der Waals surface area contributed by atoms with Gasteiger partial charge in [-0.25, -0.2) is 4.79 Å². The molecule has 1 aromatic rings. The molecule has 10 heteroatoms. The van der Waals surface area contributed by atoms with Crippen molar-refractivity contribution in [2.24, 2.45) is 0 Å². The highest BCUT2D eigenvalue weighted by molar-refractivity contribution is 6.01. The number of cyclic esters (lactones) is 1. The molecule has 0 bridgehead atoms. The summed E-state index contributed by atoms with van der Waals surface area (Å²) in [4.78, 5) is 36.8. The Labute approximate surface area is 173 Å². The van der Waals surface area contributed by atoms with Gasteiger partial charge in [-0.1, -0.05) is 0 Å². The molecule has 1 fully saturated rings. The number of anilines is 1. The van der Waals surface area contributed by atoms with Crippen LogP contribution in [0.1, 0.15) is 32.3 Å². The zero-order valence-corrected chi connectivity index (χ0v) is 16.7. The fraction of sp³-hybridized carbons (Fsp3) is 0.400. The lowest BCUT2D eigenvalue weighted by atomic mass is 10.1. The third-order valence-electron chi connectivity index (χ3n) is 4.39. The lowest BCUT2D eigenvalue weighted by Gasteiger charge is -2.17. The van der Waals surface area contributed by atoms with Gasteiger partial charge in [-0.2, -0.15) is 5.26 Å². The van der Waals surface area contributed by atoms with E-state index in [2.05, 4.69) is 0 Å². The number of ether oxygens (including phenoxy) is 3. The number of hydrogen-bond acceptors (Lipinski definition) is 9. The number of aromatic hydroxyl groups is 1. The number of carbonyl (C=O) groups is 3. The van der Waals surface area contributed by atoms with Gasteiger partial charge in [0.1, 0.15) is 24.4 Å². The average molecular weight is 417 g/mol. The maximum Gasteiger partial charge on any atom is 0.514 e. The molecule has 0 aromatic heterocycles. The molecule has 160 valence electrons. The molecule has 0 radical (unpaired) electrons. The molecule has 0 spiro atoms. The Bertz CT molecular complexity index is 900. The Morgan fingerprint density at radius 2 is 2.10 bits per heavy atom. The van der Waals surface area contributed by atoms with E-state index in [9.17, 15) is 24.8 Å². The molecule has 1 aliphatic rings. The summed E-state index contributed by atoms with van der Waals surface area (Å²) in [5.41, 5.74) is 5.76. The van der Waals surface area contributed by atoms with Crippen molar-refractivity contribution in [2.75, 3.05) is 25.4 Å². The number of phenolic OH excluding ortho intramolecular Hbond substituents is 1. The van der Waals surface area contributed by atoms with E-state index in [1.807, 2.05) is 6.07 Å². The number of nitrogen functional groups attached to an aromatic ring is 1. The smallest absolute Gasteiger partial charge is 0.503 e. The third kappa shape index (κ3) is 5.64. The van der Waals surface area contributed by atoms with Crippen molar-refractivity contribution in [3.8, 4) is 17.6 Å². The molecule has 2 rings (SSSR count). The maximum atomic E-state index is 12.4. The number of phenols is 1. The molecule has 1 saturated heterocycles. The minimum Gasteiger partial charge on any atom is -0.503 e. The van der Waals surface area contributed by atoms with Gasteiger partial charge in [0.25, 0.3) is 5.91 Å². The number of hydrogen-bond donors (Lipinski definition) is 2. The van der Waals surface area contributed by atoms with Crippen LogP contribution in [0, 0.1) is 11.3 Å². The largest absolute Gasteiger partial charge is 0.514 e. The molecular weight excluding hydrogens is 394 g/mol.